The highest BCUT2D eigenvalue weighted by Gasteiger charge is 2.35. The van der Waals surface area contributed by atoms with Crippen molar-refractivity contribution >= 4 is 27.8 Å². The van der Waals surface area contributed by atoms with E-state index in [9.17, 15) is 17.4 Å². The van der Waals surface area contributed by atoms with Gasteiger partial charge in [-0.05, 0) is 49.2 Å². The highest BCUT2D eigenvalue weighted by molar-refractivity contribution is 7.84. The number of halogens is 3. The van der Waals surface area contributed by atoms with Crippen molar-refractivity contribution < 1.29 is 22.5 Å². The van der Waals surface area contributed by atoms with Crippen LogP contribution in [0.25, 0.3) is 26.7 Å². The van der Waals surface area contributed by atoms with E-state index >= 15 is 0 Å². The molecule has 174 valence electrons. The number of alkyl halides is 3. The second kappa shape index (κ2) is 11.7. The second-order valence-electron chi connectivity index (χ2n) is 6.71. The zero-order chi connectivity index (χ0) is 24.6. The monoisotopic (exact) mass is 492 g/mol. The van der Waals surface area contributed by atoms with Crippen LogP contribution in [0.4, 0.5) is 13.2 Å². The second-order valence-corrected chi connectivity index (χ2v) is 9.17. The fraction of sp³-hybridized carbons (Fsp3) is 0.208. The summed E-state index contributed by atoms with van der Waals surface area (Å²) < 4.78 is 52.7. The van der Waals surface area contributed by atoms with E-state index in [-0.39, 0.29) is 0 Å². The minimum Gasteiger partial charge on any atom is -0.515 e. The van der Waals surface area contributed by atoms with Crippen LogP contribution < -0.4 is 0 Å². The van der Waals surface area contributed by atoms with Crippen LogP contribution in [-0.2, 0) is 17.0 Å². The lowest BCUT2D eigenvalue weighted by Gasteiger charge is -2.06. The van der Waals surface area contributed by atoms with E-state index in [1.165, 1.54) is 22.1 Å². The zero-order valence-electron chi connectivity index (χ0n) is 18.3. The number of hydrogen-bond donors (Lipinski definition) is 1. The van der Waals surface area contributed by atoms with E-state index < -0.39 is 22.7 Å². The fourth-order valence-corrected chi connectivity index (χ4v) is 4.41. The summed E-state index contributed by atoms with van der Waals surface area (Å²) in [6.07, 6.45) is 6.31. The standard InChI is InChI=1S/C20H19F3N2OS2.C4H4O/c1-4-6-13(2)25-16(12-19(24-25)20(21,22)23)18-10-9-17(27-18)14-7-5-8-15(11-14)28(3)26;1-2-3-4-5/h5-12H,4H2,1-3H3;1,3-5H/b13-6+;4-3+. The Morgan fingerprint density at radius 1 is 1.27 bits per heavy atom. The molecule has 0 saturated heterocycles. The molecule has 0 amide bonds. The van der Waals surface area contributed by atoms with E-state index in [0.29, 0.717) is 27.6 Å². The lowest BCUT2D eigenvalue weighted by atomic mass is 10.2. The van der Waals surface area contributed by atoms with Crippen LogP contribution in [0.15, 0.2) is 65.8 Å². The number of allylic oxidation sites excluding steroid dienone is 3. The van der Waals surface area contributed by atoms with Crippen molar-refractivity contribution in [3.05, 3.63) is 66.6 Å². The topological polar surface area (TPSA) is 55.1 Å². The predicted molar refractivity (Wildman–Crippen MR) is 129 cm³/mol. The van der Waals surface area contributed by atoms with Crippen LogP contribution in [0.2, 0.25) is 0 Å². The lowest BCUT2D eigenvalue weighted by molar-refractivity contribution is -0.141. The van der Waals surface area contributed by atoms with Gasteiger partial charge in [0.25, 0.3) is 0 Å². The van der Waals surface area contributed by atoms with Crippen LogP contribution in [0, 0.1) is 12.3 Å². The summed E-state index contributed by atoms with van der Waals surface area (Å²) in [5.41, 5.74) is 1.02. The number of aliphatic hydroxyl groups excluding tert-OH is 1. The number of thiophene rings is 1. The van der Waals surface area contributed by atoms with Crippen LogP contribution >= 0.6 is 11.3 Å². The molecule has 0 aliphatic carbocycles. The number of nitrogens with zero attached hydrogens (tertiary/aromatic N) is 2. The number of aromatic nitrogens is 2. The Hall–Kier alpha value is -3.09. The molecule has 0 aliphatic heterocycles. The third-order valence-corrected chi connectivity index (χ3v) is 6.39. The largest absolute Gasteiger partial charge is 0.515 e. The van der Waals surface area contributed by atoms with Gasteiger partial charge in [0.1, 0.15) is 0 Å². The van der Waals surface area contributed by atoms with Gasteiger partial charge in [-0.3, -0.25) is 4.21 Å². The molecule has 2 aromatic heterocycles. The van der Waals surface area contributed by atoms with Crippen LogP contribution in [-0.4, -0.2) is 25.4 Å². The summed E-state index contributed by atoms with van der Waals surface area (Å²) in [6.45, 7) is 3.67. The van der Waals surface area contributed by atoms with Crippen LogP contribution in [0.5, 0.6) is 0 Å². The summed E-state index contributed by atoms with van der Waals surface area (Å²) in [4.78, 5) is 2.28. The molecular formula is C24H23F3N2O2S2. The summed E-state index contributed by atoms with van der Waals surface area (Å²) in [5, 5.41) is 11.5. The summed E-state index contributed by atoms with van der Waals surface area (Å²) in [6, 6.07) is 12.1. The molecule has 0 radical (unpaired) electrons. The lowest BCUT2D eigenvalue weighted by Crippen LogP contribution is -2.07. The molecule has 0 fully saturated rings. The molecule has 4 nitrogen and oxygen atoms in total. The Morgan fingerprint density at radius 2 is 1.97 bits per heavy atom. The molecular weight excluding hydrogens is 469 g/mol. The van der Waals surface area contributed by atoms with Crippen molar-refractivity contribution in [2.24, 2.45) is 0 Å². The predicted octanol–water partition coefficient (Wildman–Crippen LogP) is 7.00. The van der Waals surface area contributed by atoms with Crippen molar-refractivity contribution in [1.29, 1.82) is 0 Å². The molecule has 0 bridgehead atoms. The highest BCUT2D eigenvalue weighted by Crippen LogP contribution is 2.38. The Labute approximate surface area is 197 Å². The molecule has 3 aromatic rings. The average molecular weight is 493 g/mol. The number of aliphatic hydroxyl groups is 1. The van der Waals surface area contributed by atoms with Crippen molar-refractivity contribution in [3.8, 4) is 33.4 Å². The first-order valence-electron chi connectivity index (χ1n) is 9.76. The smallest absolute Gasteiger partial charge is 0.435 e. The van der Waals surface area contributed by atoms with E-state index in [1.807, 2.05) is 37.3 Å². The minimum atomic E-state index is -4.51. The van der Waals surface area contributed by atoms with E-state index in [4.69, 9.17) is 5.11 Å². The Morgan fingerprint density at radius 3 is 2.52 bits per heavy atom. The maximum atomic E-state index is 13.2. The van der Waals surface area contributed by atoms with Crippen molar-refractivity contribution in [2.75, 3.05) is 6.26 Å². The van der Waals surface area contributed by atoms with Gasteiger partial charge < -0.3 is 5.11 Å². The number of hydrogen-bond acceptors (Lipinski definition) is 4. The quantitative estimate of drug-likeness (QED) is 0.308. The van der Waals surface area contributed by atoms with Crippen LogP contribution in [0.1, 0.15) is 26.0 Å². The van der Waals surface area contributed by atoms with E-state index in [1.54, 1.807) is 25.3 Å². The third kappa shape index (κ3) is 6.94. The van der Waals surface area contributed by atoms with Crippen molar-refractivity contribution in [1.82, 2.24) is 9.78 Å². The van der Waals surface area contributed by atoms with E-state index in [0.717, 1.165) is 22.8 Å². The SMILES string of the molecule is C#C/C=C/O.CC/C=C(\C)n1nc(C(F)(F)F)cc1-c1ccc(-c2cccc(S(C)=O)c2)s1. The normalized spacial score (nSPS) is 12.8. The first kappa shape index (κ1) is 26.2. The maximum absolute atomic E-state index is 13.2. The van der Waals surface area contributed by atoms with Crippen molar-refractivity contribution in [2.45, 2.75) is 31.3 Å². The van der Waals surface area contributed by atoms with Gasteiger partial charge >= 0.3 is 6.18 Å². The highest BCUT2D eigenvalue weighted by atomic mass is 32.2. The van der Waals surface area contributed by atoms with Gasteiger partial charge in [-0.2, -0.15) is 18.3 Å². The van der Waals surface area contributed by atoms with Gasteiger partial charge in [-0.1, -0.05) is 31.1 Å². The van der Waals surface area contributed by atoms with Gasteiger partial charge in [-0.25, -0.2) is 4.68 Å². The average Bonchev–Trinajstić information content (AvgIpc) is 3.42. The molecule has 1 unspecified atom stereocenters. The molecule has 0 aliphatic rings. The van der Waals surface area contributed by atoms with E-state index in [2.05, 4.69) is 17.4 Å². The molecule has 0 spiro atoms. The fourth-order valence-electron chi connectivity index (χ4n) is 2.85. The third-order valence-electron chi connectivity index (χ3n) is 4.31. The Balaban J connectivity index is 0.000000696. The summed E-state index contributed by atoms with van der Waals surface area (Å²) >= 11 is 1.38. The molecule has 1 aromatic carbocycles. The number of rotatable bonds is 5. The maximum Gasteiger partial charge on any atom is 0.435 e. The minimum absolute atomic E-state index is 0.404. The first-order chi connectivity index (χ1) is 15.6. The molecule has 33 heavy (non-hydrogen) atoms. The summed E-state index contributed by atoms with van der Waals surface area (Å²) in [7, 11) is -1.10. The van der Waals surface area contributed by atoms with Gasteiger partial charge in [0.2, 0.25) is 0 Å². The first-order valence-corrected chi connectivity index (χ1v) is 12.1. The molecule has 1 atom stereocenters. The van der Waals surface area contributed by atoms with Crippen molar-refractivity contribution in [3.63, 3.8) is 0 Å². The van der Waals surface area contributed by atoms with Gasteiger partial charge in [0.15, 0.2) is 5.69 Å². The Bertz CT molecular complexity index is 1220. The summed E-state index contributed by atoms with van der Waals surface area (Å²) in [5.74, 6) is 2.09. The molecule has 0 saturated carbocycles. The molecule has 3 rings (SSSR count). The van der Waals surface area contributed by atoms with Crippen LogP contribution in [0.3, 0.4) is 0 Å². The molecule has 2 heterocycles. The Kier molecular flexibility index (Phi) is 9.26. The number of benzene rings is 1. The molecule has 1 N–H and O–H groups in total. The van der Waals surface area contributed by atoms with Gasteiger partial charge in [-0.15, -0.1) is 17.8 Å². The van der Waals surface area contributed by atoms with Gasteiger partial charge in [0.05, 0.1) is 16.8 Å². The zero-order valence-corrected chi connectivity index (χ0v) is 19.9. The number of terminal acetylenes is 1. The van der Waals surface area contributed by atoms with Gasteiger partial charge in [0, 0.05) is 38.6 Å². The molecule has 9 heteroatoms.